The normalized spacial score (nSPS) is 19.6. The molecular weight excluding hydrogens is 330 g/mol. The van der Waals surface area contributed by atoms with Gasteiger partial charge in [-0.3, -0.25) is 4.99 Å². The van der Waals surface area contributed by atoms with Crippen LogP contribution in [0.25, 0.3) is 0 Å². The van der Waals surface area contributed by atoms with Crippen molar-refractivity contribution in [2.45, 2.75) is 58.4 Å². The molecule has 0 unspecified atom stereocenters. The van der Waals surface area contributed by atoms with E-state index in [-0.39, 0.29) is 6.09 Å². The fourth-order valence-corrected chi connectivity index (χ4v) is 3.58. The van der Waals surface area contributed by atoms with Crippen molar-refractivity contribution in [3.05, 3.63) is 0 Å². The Morgan fingerprint density at radius 2 is 1.85 bits per heavy atom. The number of carbonyl (C=O) groups excluding carboxylic acids is 1. The summed E-state index contributed by atoms with van der Waals surface area (Å²) >= 11 is 0. The lowest BCUT2D eigenvalue weighted by atomic mass is 10.1. The van der Waals surface area contributed by atoms with E-state index in [1.54, 1.807) is 4.90 Å². The minimum Gasteiger partial charge on any atom is -0.450 e. The molecule has 2 aliphatic rings. The van der Waals surface area contributed by atoms with Gasteiger partial charge in [-0.05, 0) is 72.0 Å². The number of unbranched alkanes of at least 4 members (excludes halogenated alkanes) is 1. The van der Waals surface area contributed by atoms with Crippen LogP contribution in [0.5, 0.6) is 0 Å². The summed E-state index contributed by atoms with van der Waals surface area (Å²) < 4.78 is 5.08. The van der Waals surface area contributed by atoms with Crippen LogP contribution in [0.1, 0.15) is 52.4 Å². The zero-order valence-corrected chi connectivity index (χ0v) is 16.6. The van der Waals surface area contributed by atoms with Crippen molar-refractivity contribution in [3.63, 3.8) is 0 Å². The summed E-state index contributed by atoms with van der Waals surface area (Å²) in [6, 6.07) is 0.364. The molecule has 2 heterocycles. The number of rotatable bonds is 8. The number of nitrogens with one attached hydrogen (secondary N) is 2. The van der Waals surface area contributed by atoms with Crippen LogP contribution in [0.15, 0.2) is 4.99 Å². The van der Waals surface area contributed by atoms with Gasteiger partial charge in [0.05, 0.1) is 6.61 Å². The van der Waals surface area contributed by atoms with Gasteiger partial charge in [-0.2, -0.15) is 0 Å². The molecule has 0 aliphatic carbocycles. The van der Waals surface area contributed by atoms with Gasteiger partial charge in [-0.15, -0.1) is 0 Å². The summed E-state index contributed by atoms with van der Waals surface area (Å²) in [5.74, 6) is 0.906. The van der Waals surface area contributed by atoms with Gasteiger partial charge < -0.3 is 25.2 Å². The SMILES string of the molecule is CCNC(=NCCCCN1CCCC1)NC1CCN(C(=O)OCC)CC1. The Morgan fingerprint density at radius 1 is 1.12 bits per heavy atom. The Balaban J connectivity index is 1.65. The average Bonchev–Trinajstić information content (AvgIpc) is 3.16. The standard InChI is InChI=1S/C19H37N5O2/c1-3-20-18(21-11-5-6-12-23-13-7-8-14-23)22-17-9-15-24(16-10-17)19(25)26-4-2/h17H,3-16H2,1-2H3,(H2,20,21,22). The number of carbonyl (C=O) groups is 1. The molecule has 2 fully saturated rings. The molecule has 7 heteroatoms. The smallest absolute Gasteiger partial charge is 0.409 e. The van der Waals surface area contributed by atoms with Gasteiger partial charge in [0.2, 0.25) is 0 Å². The lowest BCUT2D eigenvalue weighted by molar-refractivity contribution is 0.0963. The Hall–Kier alpha value is -1.50. The number of hydrogen-bond acceptors (Lipinski definition) is 4. The zero-order valence-electron chi connectivity index (χ0n) is 16.6. The molecule has 2 N–H and O–H groups in total. The van der Waals surface area contributed by atoms with Gasteiger partial charge in [-0.25, -0.2) is 4.79 Å². The van der Waals surface area contributed by atoms with Crippen LogP contribution in [0.2, 0.25) is 0 Å². The number of nitrogens with zero attached hydrogens (tertiary/aromatic N) is 3. The highest BCUT2D eigenvalue weighted by atomic mass is 16.6. The molecule has 7 nitrogen and oxygen atoms in total. The number of likely N-dealkylation sites (tertiary alicyclic amines) is 2. The summed E-state index contributed by atoms with van der Waals surface area (Å²) in [6.07, 6.45) is 6.75. The fraction of sp³-hybridized carbons (Fsp3) is 0.895. The second-order valence-corrected chi connectivity index (χ2v) is 7.12. The van der Waals surface area contributed by atoms with Gasteiger partial charge in [0.1, 0.15) is 0 Å². The van der Waals surface area contributed by atoms with E-state index in [2.05, 4.69) is 22.5 Å². The van der Waals surface area contributed by atoms with E-state index in [9.17, 15) is 4.79 Å². The lowest BCUT2D eigenvalue weighted by Crippen LogP contribution is -2.49. The highest BCUT2D eigenvalue weighted by Gasteiger charge is 2.24. The Morgan fingerprint density at radius 3 is 2.50 bits per heavy atom. The largest absolute Gasteiger partial charge is 0.450 e. The molecule has 0 aromatic heterocycles. The maximum absolute atomic E-state index is 11.8. The maximum atomic E-state index is 11.8. The van der Waals surface area contributed by atoms with Crippen molar-refractivity contribution < 1.29 is 9.53 Å². The molecule has 1 amide bonds. The second kappa shape index (κ2) is 12.0. The first kappa shape index (κ1) is 20.8. The quantitative estimate of drug-likeness (QED) is 0.390. The first-order valence-corrected chi connectivity index (χ1v) is 10.4. The van der Waals surface area contributed by atoms with E-state index in [1.165, 1.54) is 38.9 Å². The van der Waals surface area contributed by atoms with E-state index in [4.69, 9.17) is 9.73 Å². The molecule has 0 saturated carbocycles. The van der Waals surface area contributed by atoms with Crippen molar-refractivity contribution >= 4 is 12.1 Å². The van der Waals surface area contributed by atoms with Crippen LogP contribution in [0.3, 0.4) is 0 Å². The predicted molar refractivity (Wildman–Crippen MR) is 106 cm³/mol. The summed E-state index contributed by atoms with van der Waals surface area (Å²) in [7, 11) is 0. The minimum atomic E-state index is -0.190. The van der Waals surface area contributed by atoms with Crippen molar-refractivity contribution in [2.24, 2.45) is 4.99 Å². The van der Waals surface area contributed by atoms with E-state index in [1.807, 2.05) is 6.92 Å². The molecule has 2 rings (SSSR count). The molecule has 0 aromatic carbocycles. The van der Waals surface area contributed by atoms with Crippen LogP contribution in [0.4, 0.5) is 4.79 Å². The third kappa shape index (κ3) is 7.40. The number of piperidine rings is 1. The number of ether oxygens (including phenoxy) is 1. The van der Waals surface area contributed by atoms with E-state index in [0.717, 1.165) is 51.4 Å². The van der Waals surface area contributed by atoms with Crippen molar-refractivity contribution in [3.8, 4) is 0 Å². The van der Waals surface area contributed by atoms with Gasteiger partial charge in [-0.1, -0.05) is 0 Å². The van der Waals surface area contributed by atoms with Gasteiger partial charge >= 0.3 is 6.09 Å². The molecule has 0 radical (unpaired) electrons. The third-order valence-corrected chi connectivity index (χ3v) is 5.06. The summed E-state index contributed by atoms with van der Waals surface area (Å²) in [6.45, 7) is 11.3. The van der Waals surface area contributed by atoms with E-state index < -0.39 is 0 Å². The molecular formula is C19H37N5O2. The number of amides is 1. The molecule has 26 heavy (non-hydrogen) atoms. The molecule has 2 aliphatic heterocycles. The average molecular weight is 368 g/mol. The molecule has 150 valence electrons. The van der Waals surface area contributed by atoms with Gasteiger partial charge in [0, 0.05) is 32.2 Å². The number of guanidine groups is 1. The van der Waals surface area contributed by atoms with E-state index in [0.29, 0.717) is 12.6 Å². The second-order valence-electron chi connectivity index (χ2n) is 7.12. The van der Waals surface area contributed by atoms with Crippen LogP contribution in [-0.4, -0.2) is 80.3 Å². The molecule has 2 saturated heterocycles. The first-order chi connectivity index (χ1) is 12.7. The number of hydrogen-bond donors (Lipinski definition) is 2. The summed E-state index contributed by atoms with van der Waals surface area (Å²) in [4.78, 5) is 20.9. The highest BCUT2D eigenvalue weighted by molar-refractivity contribution is 5.80. The van der Waals surface area contributed by atoms with E-state index >= 15 is 0 Å². The summed E-state index contributed by atoms with van der Waals surface area (Å²) in [5, 5.41) is 6.87. The topological polar surface area (TPSA) is 69.2 Å². The predicted octanol–water partition coefficient (Wildman–Crippen LogP) is 2.04. The van der Waals surface area contributed by atoms with Crippen LogP contribution in [-0.2, 0) is 4.74 Å². The first-order valence-electron chi connectivity index (χ1n) is 10.4. The van der Waals surface area contributed by atoms with Crippen LogP contribution >= 0.6 is 0 Å². The number of aliphatic imine (C=N–C) groups is 1. The van der Waals surface area contributed by atoms with Crippen molar-refractivity contribution in [1.82, 2.24) is 20.4 Å². The van der Waals surface area contributed by atoms with Gasteiger partial charge in [0.15, 0.2) is 5.96 Å². The Labute approximate surface area is 158 Å². The molecule has 0 aromatic rings. The molecule has 0 atom stereocenters. The maximum Gasteiger partial charge on any atom is 0.409 e. The molecule has 0 bridgehead atoms. The summed E-state index contributed by atoms with van der Waals surface area (Å²) in [5.41, 5.74) is 0. The van der Waals surface area contributed by atoms with Crippen LogP contribution < -0.4 is 10.6 Å². The Bertz CT molecular complexity index is 430. The monoisotopic (exact) mass is 367 g/mol. The highest BCUT2D eigenvalue weighted by Crippen LogP contribution is 2.11. The third-order valence-electron chi connectivity index (χ3n) is 5.06. The minimum absolute atomic E-state index is 0.190. The zero-order chi connectivity index (χ0) is 18.6. The Kier molecular flexibility index (Phi) is 9.60. The molecule has 0 spiro atoms. The van der Waals surface area contributed by atoms with Crippen molar-refractivity contribution in [1.29, 1.82) is 0 Å². The van der Waals surface area contributed by atoms with Crippen LogP contribution in [0, 0.1) is 0 Å². The lowest BCUT2D eigenvalue weighted by Gasteiger charge is -2.32. The van der Waals surface area contributed by atoms with Gasteiger partial charge in [0.25, 0.3) is 0 Å². The van der Waals surface area contributed by atoms with Crippen molar-refractivity contribution in [2.75, 3.05) is 52.4 Å². The fourth-order valence-electron chi connectivity index (χ4n) is 3.58.